The Labute approximate surface area is 352 Å². The van der Waals surface area contributed by atoms with Gasteiger partial charge in [0.05, 0.1) is 33.1 Å². The van der Waals surface area contributed by atoms with Crippen LogP contribution in [0.15, 0.2) is 48.0 Å². The molecule has 1 aliphatic carbocycles. The maximum atomic E-state index is 15.4. The number of H-pyrrole nitrogens is 1. The fourth-order valence-electron chi connectivity index (χ4n) is 13.8. The first-order chi connectivity index (χ1) is 28.8. The molecule has 3 aromatic rings. The van der Waals surface area contributed by atoms with Crippen molar-refractivity contribution >= 4 is 40.9 Å². The first-order valence-electron chi connectivity index (χ1n) is 21.9. The molecule has 12 heteroatoms. The quantitative estimate of drug-likeness (QED) is 0.124. The third kappa shape index (κ3) is 5.41. The molecule has 10 atom stereocenters. The van der Waals surface area contributed by atoms with Gasteiger partial charge in [0.15, 0.2) is 0 Å². The van der Waals surface area contributed by atoms with Crippen LogP contribution in [0.25, 0.3) is 10.9 Å². The van der Waals surface area contributed by atoms with Gasteiger partial charge in [-0.3, -0.25) is 24.1 Å². The lowest BCUT2D eigenvalue weighted by atomic mass is 9.49. The molecule has 12 nitrogen and oxygen atoms in total. The number of hydrogen-bond acceptors (Lipinski definition) is 10. The van der Waals surface area contributed by atoms with Gasteiger partial charge in [0.2, 0.25) is 6.41 Å². The highest BCUT2D eigenvalue weighted by Gasteiger charge is 2.76. The summed E-state index contributed by atoms with van der Waals surface area (Å²) in [6.45, 7) is 14.0. The van der Waals surface area contributed by atoms with Gasteiger partial charge in [-0.2, -0.15) is 0 Å². The van der Waals surface area contributed by atoms with Crippen molar-refractivity contribution in [2.24, 2.45) is 22.7 Å². The van der Waals surface area contributed by atoms with Crippen molar-refractivity contribution in [3.8, 4) is 5.75 Å². The van der Waals surface area contributed by atoms with Crippen LogP contribution in [0.5, 0.6) is 5.75 Å². The molecule has 1 saturated carbocycles. The lowest BCUT2D eigenvalue weighted by Gasteiger charge is -2.60. The molecule has 60 heavy (non-hydrogen) atoms. The van der Waals surface area contributed by atoms with E-state index in [0.29, 0.717) is 49.4 Å². The summed E-state index contributed by atoms with van der Waals surface area (Å²) in [5.74, 6) is -1.19. The Bertz CT molecular complexity index is 2300. The fraction of sp³-hybridized carbons (Fsp3) is 0.583. The summed E-state index contributed by atoms with van der Waals surface area (Å²) in [6.07, 6.45) is 6.63. The average molecular weight is 821 g/mol. The maximum absolute atomic E-state index is 15.4. The van der Waals surface area contributed by atoms with Gasteiger partial charge in [-0.1, -0.05) is 50.6 Å². The number of benzene rings is 2. The Hall–Kier alpha value is -4.68. The molecule has 9 rings (SSSR count). The van der Waals surface area contributed by atoms with Crippen LogP contribution in [0.3, 0.4) is 0 Å². The van der Waals surface area contributed by atoms with Crippen molar-refractivity contribution in [2.75, 3.05) is 59.0 Å². The molecule has 3 fully saturated rings. The molecule has 1 amide bonds. The lowest BCUT2D eigenvalue weighted by molar-refractivity contribution is -0.188. The number of para-hydroxylation sites is 1. The van der Waals surface area contributed by atoms with Crippen LogP contribution < -0.4 is 9.64 Å². The van der Waals surface area contributed by atoms with Crippen molar-refractivity contribution in [1.82, 2.24) is 14.8 Å². The molecule has 2 saturated heterocycles. The highest BCUT2D eigenvalue weighted by Crippen LogP contribution is 2.67. The van der Waals surface area contributed by atoms with Gasteiger partial charge in [0, 0.05) is 78.7 Å². The minimum Gasteiger partial charge on any atom is -0.496 e. The van der Waals surface area contributed by atoms with Crippen LogP contribution in [0.1, 0.15) is 89.1 Å². The van der Waals surface area contributed by atoms with Crippen molar-refractivity contribution < 1.29 is 38.1 Å². The number of aromatic nitrogens is 1. The molecule has 1 spiro atoms. The van der Waals surface area contributed by atoms with E-state index in [9.17, 15) is 14.4 Å². The number of amides is 1. The second kappa shape index (κ2) is 14.5. The molecule has 2 bridgehead atoms. The third-order valence-electron chi connectivity index (χ3n) is 16.1. The van der Waals surface area contributed by atoms with Crippen molar-refractivity contribution in [3.05, 3.63) is 70.4 Å². The second-order valence-corrected chi connectivity index (χ2v) is 19.0. The number of carbonyl (C=O) groups is 4. The zero-order valence-electron chi connectivity index (χ0n) is 36.4. The number of carbonyl (C=O) groups excluding carboxylic acids is 4. The smallest absolute Gasteiger partial charge is 0.322 e. The minimum atomic E-state index is -1.48. The molecule has 320 valence electrons. The van der Waals surface area contributed by atoms with E-state index in [1.165, 1.54) is 21.1 Å². The number of esters is 3. The number of anilines is 1. The number of ether oxygens (including phenoxy) is 4. The fourth-order valence-corrected chi connectivity index (χ4v) is 13.8. The highest BCUT2D eigenvalue weighted by atomic mass is 16.6. The summed E-state index contributed by atoms with van der Waals surface area (Å²) >= 11 is 0. The topological polar surface area (TPSA) is 131 Å². The Balaban J connectivity index is 1.37. The first kappa shape index (κ1) is 40.7. The molecule has 6 aliphatic rings. The largest absolute Gasteiger partial charge is 0.496 e. The number of nitrogens with one attached hydrogen (secondary N) is 1. The Morgan fingerprint density at radius 1 is 0.983 bits per heavy atom. The summed E-state index contributed by atoms with van der Waals surface area (Å²) in [4.78, 5) is 67.4. The minimum absolute atomic E-state index is 0.0658. The summed E-state index contributed by atoms with van der Waals surface area (Å²) in [5, 5.41) is 1.08. The van der Waals surface area contributed by atoms with Crippen molar-refractivity contribution in [3.63, 3.8) is 0 Å². The predicted octanol–water partition coefficient (Wildman–Crippen LogP) is 6.07. The van der Waals surface area contributed by atoms with Crippen LogP contribution in [0.2, 0.25) is 0 Å². The molecule has 1 aromatic heterocycles. The number of methoxy groups -OCH3 is 3. The van der Waals surface area contributed by atoms with Gasteiger partial charge in [-0.05, 0) is 86.6 Å². The number of aromatic amines is 1. The molecule has 1 N–H and O–H groups in total. The van der Waals surface area contributed by atoms with Crippen molar-refractivity contribution in [2.45, 2.75) is 102 Å². The van der Waals surface area contributed by atoms with E-state index in [4.69, 9.17) is 18.9 Å². The first-order valence-corrected chi connectivity index (χ1v) is 21.9. The summed E-state index contributed by atoms with van der Waals surface area (Å²) in [7, 11) is 4.44. The van der Waals surface area contributed by atoms with Gasteiger partial charge in [-0.15, -0.1) is 0 Å². The van der Waals surface area contributed by atoms with E-state index in [0.717, 1.165) is 78.6 Å². The number of rotatable bonds is 8. The van der Waals surface area contributed by atoms with Crippen LogP contribution >= 0.6 is 0 Å². The monoisotopic (exact) mass is 820 g/mol. The molecule has 2 unspecified atom stereocenters. The Morgan fingerprint density at radius 2 is 1.75 bits per heavy atom. The van der Waals surface area contributed by atoms with E-state index in [-0.39, 0.29) is 29.3 Å². The van der Waals surface area contributed by atoms with Gasteiger partial charge >= 0.3 is 17.9 Å². The van der Waals surface area contributed by atoms with E-state index in [1.54, 1.807) is 12.0 Å². The van der Waals surface area contributed by atoms with Crippen LogP contribution in [-0.4, -0.2) is 111 Å². The van der Waals surface area contributed by atoms with Gasteiger partial charge in [0.1, 0.15) is 22.7 Å². The van der Waals surface area contributed by atoms with Crippen LogP contribution in [0, 0.1) is 22.7 Å². The Kier molecular flexibility index (Phi) is 9.82. The van der Waals surface area contributed by atoms with E-state index >= 15 is 4.79 Å². The van der Waals surface area contributed by atoms with E-state index in [2.05, 4.69) is 65.9 Å². The van der Waals surface area contributed by atoms with Crippen LogP contribution in [0.4, 0.5) is 5.69 Å². The zero-order chi connectivity index (χ0) is 42.5. The zero-order valence-corrected chi connectivity index (χ0v) is 36.4. The van der Waals surface area contributed by atoms with Crippen molar-refractivity contribution in [1.29, 1.82) is 0 Å². The van der Waals surface area contributed by atoms with Crippen LogP contribution in [-0.2, 0) is 50.6 Å². The van der Waals surface area contributed by atoms with Gasteiger partial charge in [0.25, 0.3) is 0 Å². The van der Waals surface area contributed by atoms with E-state index < -0.39 is 40.3 Å². The third-order valence-corrected chi connectivity index (χ3v) is 16.1. The lowest BCUT2D eigenvalue weighted by Crippen LogP contribution is -2.74. The number of piperidine rings is 1. The summed E-state index contributed by atoms with van der Waals surface area (Å²) in [5.41, 5.74) is 2.58. The molecule has 6 heterocycles. The molecule has 0 radical (unpaired) electrons. The SMILES string of the molecule is CCC1=CCN2CC[C@]34c5cc([C@@]6(C(=O)OC)C[C@@H]7CN(CCc8c6[nH]c6ccccc86)C[C@](C)(CC)C7)c(OC)cc5N(C=O)[C@H]3[C@@](C)(C(=O)OC)[C@H](OC(C)=O)C1[C@H]24. The Morgan fingerprint density at radius 3 is 2.43 bits per heavy atom. The summed E-state index contributed by atoms with van der Waals surface area (Å²) < 4.78 is 24.4. The highest BCUT2D eigenvalue weighted by molar-refractivity contribution is 5.96. The standard InChI is InChI=1S/C48H60N4O8/c1-9-30-15-19-51-20-17-47-33-21-34(37(57-6)22-36(33)52(27-53)42(47)46(5,43(55)58-7)41(60-28(3)54)38(30)40(47)51)48(44(56)59-8)24-29-23-45(4,10-2)26-50(25-29)18-16-32-31-13-11-12-14-35(31)49-39(32)48/h11-15,21-22,27,29,38,40-42,49H,9-10,16-20,23-26H2,1-8H3/t29-,38?,40+,41-,42+,45-,46+,47-,48+/m1/s1. The summed E-state index contributed by atoms with van der Waals surface area (Å²) in [6, 6.07) is 11.3. The van der Waals surface area contributed by atoms with E-state index in [1.807, 2.05) is 19.1 Å². The molecule has 2 aromatic carbocycles. The second-order valence-electron chi connectivity index (χ2n) is 19.0. The number of hydrogen-bond donors (Lipinski definition) is 1. The predicted molar refractivity (Wildman–Crippen MR) is 227 cm³/mol. The molecular formula is C48H60N4O8. The molecular weight excluding hydrogens is 761 g/mol. The molecule has 5 aliphatic heterocycles. The van der Waals surface area contributed by atoms with Gasteiger partial charge in [-0.25, -0.2) is 0 Å². The average Bonchev–Trinajstić information content (AvgIpc) is 3.92. The number of fused-ring (bicyclic) bond motifs is 6. The normalized spacial score (nSPS) is 35.4. The maximum Gasteiger partial charge on any atom is 0.322 e. The number of nitrogens with zero attached hydrogens (tertiary/aromatic N) is 3. The van der Waals surface area contributed by atoms with Gasteiger partial charge < -0.3 is 33.7 Å².